The van der Waals surface area contributed by atoms with Gasteiger partial charge in [-0.25, -0.2) is 0 Å². The van der Waals surface area contributed by atoms with E-state index in [-0.39, 0.29) is 6.54 Å². The SMILES string of the molecule is C=CCN(CC(=O)O)Cc1cccc(OC)c1OC. The molecule has 0 aromatic heterocycles. The van der Waals surface area contributed by atoms with Gasteiger partial charge in [-0.05, 0) is 6.07 Å². The molecule has 0 aliphatic rings. The van der Waals surface area contributed by atoms with Gasteiger partial charge in [0.15, 0.2) is 11.5 Å². The number of ether oxygens (including phenoxy) is 2. The maximum Gasteiger partial charge on any atom is 0.317 e. The Morgan fingerprint density at radius 1 is 1.42 bits per heavy atom. The fourth-order valence-corrected chi connectivity index (χ4v) is 1.88. The molecule has 0 atom stereocenters. The average Bonchev–Trinajstić information content (AvgIpc) is 2.37. The summed E-state index contributed by atoms with van der Waals surface area (Å²) in [4.78, 5) is 12.6. The van der Waals surface area contributed by atoms with Gasteiger partial charge in [-0.1, -0.05) is 18.2 Å². The van der Waals surface area contributed by atoms with Crippen molar-refractivity contribution in [3.63, 3.8) is 0 Å². The number of hydrogen-bond donors (Lipinski definition) is 1. The summed E-state index contributed by atoms with van der Waals surface area (Å²) in [5.74, 6) is 0.391. The monoisotopic (exact) mass is 265 g/mol. The van der Waals surface area contributed by atoms with Gasteiger partial charge < -0.3 is 14.6 Å². The van der Waals surface area contributed by atoms with Crippen LogP contribution in [0.1, 0.15) is 5.56 Å². The summed E-state index contributed by atoms with van der Waals surface area (Å²) in [6.45, 7) is 4.54. The van der Waals surface area contributed by atoms with Gasteiger partial charge in [-0.2, -0.15) is 0 Å². The molecule has 0 spiro atoms. The Balaban J connectivity index is 2.94. The van der Waals surface area contributed by atoms with Gasteiger partial charge in [0.2, 0.25) is 0 Å². The van der Waals surface area contributed by atoms with Crippen molar-refractivity contribution >= 4 is 5.97 Å². The lowest BCUT2D eigenvalue weighted by molar-refractivity contribution is -0.138. The molecule has 0 saturated carbocycles. The Hall–Kier alpha value is -2.01. The van der Waals surface area contributed by atoms with Crippen molar-refractivity contribution in [3.8, 4) is 11.5 Å². The quantitative estimate of drug-likeness (QED) is 0.726. The summed E-state index contributed by atoms with van der Waals surface area (Å²) >= 11 is 0. The summed E-state index contributed by atoms with van der Waals surface area (Å²) in [7, 11) is 3.14. The average molecular weight is 265 g/mol. The van der Waals surface area contributed by atoms with Gasteiger partial charge in [0.1, 0.15) is 0 Å². The number of aliphatic carboxylic acids is 1. The second kappa shape index (κ2) is 7.43. The minimum atomic E-state index is -0.872. The normalized spacial score (nSPS) is 10.3. The van der Waals surface area contributed by atoms with E-state index in [1.807, 2.05) is 12.1 Å². The van der Waals surface area contributed by atoms with Crippen LogP contribution in [0.4, 0.5) is 0 Å². The second-order valence-electron chi connectivity index (χ2n) is 4.00. The van der Waals surface area contributed by atoms with E-state index in [9.17, 15) is 4.79 Å². The smallest absolute Gasteiger partial charge is 0.317 e. The number of methoxy groups -OCH3 is 2. The summed E-state index contributed by atoms with van der Waals surface area (Å²) in [6.07, 6.45) is 1.68. The molecule has 0 bridgehead atoms. The van der Waals surface area contributed by atoms with Crippen LogP contribution >= 0.6 is 0 Å². The topological polar surface area (TPSA) is 59.0 Å². The zero-order chi connectivity index (χ0) is 14.3. The number of para-hydroxylation sites is 1. The van der Waals surface area contributed by atoms with Crippen LogP contribution in [0.2, 0.25) is 0 Å². The fraction of sp³-hybridized carbons (Fsp3) is 0.357. The lowest BCUT2D eigenvalue weighted by Gasteiger charge is -2.20. The van der Waals surface area contributed by atoms with Crippen LogP contribution in [0.25, 0.3) is 0 Å². The number of rotatable bonds is 8. The van der Waals surface area contributed by atoms with Crippen molar-refractivity contribution in [1.29, 1.82) is 0 Å². The molecule has 104 valence electrons. The van der Waals surface area contributed by atoms with Gasteiger partial charge in [-0.3, -0.25) is 9.69 Å². The molecule has 5 nitrogen and oxygen atoms in total. The Bertz CT molecular complexity index is 445. The predicted molar refractivity (Wildman–Crippen MR) is 72.7 cm³/mol. The molecule has 0 radical (unpaired) electrons. The molecule has 5 heteroatoms. The van der Waals surface area contributed by atoms with Crippen LogP contribution in [0.3, 0.4) is 0 Å². The first kappa shape index (κ1) is 15.0. The molecule has 0 fully saturated rings. The van der Waals surface area contributed by atoms with E-state index < -0.39 is 5.97 Å². The first-order valence-electron chi connectivity index (χ1n) is 5.87. The largest absolute Gasteiger partial charge is 0.493 e. The van der Waals surface area contributed by atoms with Crippen molar-refractivity contribution in [2.75, 3.05) is 27.3 Å². The molecular formula is C14H19NO4. The predicted octanol–water partition coefficient (Wildman–Crippen LogP) is 1.78. The van der Waals surface area contributed by atoms with Gasteiger partial charge in [0, 0.05) is 18.7 Å². The molecule has 0 saturated heterocycles. The highest BCUT2D eigenvalue weighted by Crippen LogP contribution is 2.31. The van der Waals surface area contributed by atoms with E-state index >= 15 is 0 Å². The van der Waals surface area contributed by atoms with Crippen molar-refractivity contribution in [1.82, 2.24) is 4.90 Å². The van der Waals surface area contributed by atoms with Gasteiger partial charge in [-0.15, -0.1) is 6.58 Å². The molecule has 0 amide bonds. The van der Waals surface area contributed by atoms with E-state index in [1.165, 1.54) is 0 Å². The van der Waals surface area contributed by atoms with Crippen LogP contribution in [0.15, 0.2) is 30.9 Å². The molecule has 0 aliphatic carbocycles. The number of hydrogen-bond acceptors (Lipinski definition) is 4. The minimum Gasteiger partial charge on any atom is -0.493 e. The third-order valence-electron chi connectivity index (χ3n) is 2.62. The summed E-state index contributed by atoms with van der Waals surface area (Å²) in [6, 6.07) is 5.54. The lowest BCUT2D eigenvalue weighted by Crippen LogP contribution is -2.29. The first-order chi connectivity index (χ1) is 9.12. The molecular weight excluding hydrogens is 246 g/mol. The molecule has 1 rings (SSSR count). The van der Waals surface area contributed by atoms with Crippen LogP contribution < -0.4 is 9.47 Å². The zero-order valence-corrected chi connectivity index (χ0v) is 11.3. The van der Waals surface area contributed by atoms with Crippen LogP contribution in [-0.2, 0) is 11.3 Å². The fourth-order valence-electron chi connectivity index (χ4n) is 1.88. The molecule has 0 unspecified atom stereocenters. The third-order valence-corrected chi connectivity index (χ3v) is 2.62. The van der Waals surface area contributed by atoms with E-state index in [4.69, 9.17) is 14.6 Å². The van der Waals surface area contributed by atoms with Crippen LogP contribution in [0, 0.1) is 0 Å². The Morgan fingerprint density at radius 3 is 2.68 bits per heavy atom. The van der Waals surface area contributed by atoms with E-state index in [0.29, 0.717) is 24.6 Å². The Labute approximate surface area is 113 Å². The van der Waals surface area contributed by atoms with E-state index in [0.717, 1.165) is 5.56 Å². The minimum absolute atomic E-state index is 0.0492. The standard InChI is InChI=1S/C14H19NO4/c1-4-8-15(10-13(16)17)9-11-6-5-7-12(18-2)14(11)19-3/h4-7H,1,8-10H2,2-3H3,(H,16,17). The number of carbonyl (C=O) groups is 1. The Morgan fingerprint density at radius 2 is 2.16 bits per heavy atom. The summed E-state index contributed by atoms with van der Waals surface area (Å²) in [5.41, 5.74) is 0.880. The first-order valence-corrected chi connectivity index (χ1v) is 5.87. The molecule has 1 N–H and O–H groups in total. The highest BCUT2D eigenvalue weighted by Gasteiger charge is 2.14. The van der Waals surface area contributed by atoms with Crippen LogP contribution in [0.5, 0.6) is 11.5 Å². The Kier molecular flexibility index (Phi) is 5.89. The van der Waals surface area contributed by atoms with Gasteiger partial charge in [0.25, 0.3) is 0 Å². The van der Waals surface area contributed by atoms with Crippen LogP contribution in [-0.4, -0.2) is 43.3 Å². The van der Waals surface area contributed by atoms with Crippen molar-refractivity contribution in [3.05, 3.63) is 36.4 Å². The number of nitrogens with zero attached hydrogens (tertiary/aromatic N) is 1. The highest BCUT2D eigenvalue weighted by molar-refractivity contribution is 5.69. The highest BCUT2D eigenvalue weighted by atomic mass is 16.5. The second-order valence-corrected chi connectivity index (χ2v) is 4.00. The van der Waals surface area contributed by atoms with Crippen molar-refractivity contribution in [2.24, 2.45) is 0 Å². The van der Waals surface area contributed by atoms with Crippen molar-refractivity contribution < 1.29 is 19.4 Å². The van der Waals surface area contributed by atoms with Gasteiger partial charge >= 0.3 is 5.97 Å². The van der Waals surface area contributed by atoms with E-state index in [2.05, 4.69) is 6.58 Å². The summed E-state index contributed by atoms with van der Waals surface area (Å²) in [5, 5.41) is 8.88. The molecule has 19 heavy (non-hydrogen) atoms. The number of carboxylic acids is 1. The summed E-state index contributed by atoms with van der Waals surface area (Å²) < 4.78 is 10.5. The van der Waals surface area contributed by atoms with Crippen molar-refractivity contribution in [2.45, 2.75) is 6.54 Å². The van der Waals surface area contributed by atoms with Gasteiger partial charge in [0.05, 0.1) is 20.8 Å². The molecule has 1 aromatic carbocycles. The van der Waals surface area contributed by atoms with E-state index in [1.54, 1.807) is 31.3 Å². The number of benzene rings is 1. The molecule has 1 aromatic rings. The lowest BCUT2D eigenvalue weighted by atomic mass is 10.1. The molecule has 0 heterocycles. The molecule has 0 aliphatic heterocycles. The third kappa shape index (κ3) is 4.30. The maximum absolute atomic E-state index is 10.8. The maximum atomic E-state index is 10.8. The zero-order valence-electron chi connectivity index (χ0n) is 11.3. The number of carboxylic acid groups (broad SMARTS) is 1.